The molecule has 1 aromatic heterocycles. The Morgan fingerprint density at radius 2 is 1.96 bits per heavy atom. The van der Waals surface area contributed by atoms with Crippen molar-refractivity contribution in [1.29, 1.82) is 0 Å². The minimum atomic E-state index is -4.24. The standard InChI is InChI=1S/C16H19N2O7P/c1-9-8-18(16(22)17-14(9)20)12-7-11(19)13(25-12)15(21)26(23,24)10-5-3-2-4-6-10/h2-6,8,11-13,15,19,21H,7H2,1H3,(H,23,24)(H,17,20,22)/t11-,12+,13-,15?/m0/s1. The summed E-state index contributed by atoms with van der Waals surface area (Å²) in [7, 11) is -4.24. The van der Waals surface area contributed by atoms with Crippen LogP contribution in [-0.4, -0.2) is 42.7 Å². The molecule has 26 heavy (non-hydrogen) atoms. The summed E-state index contributed by atoms with van der Waals surface area (Å²) in [6.07, 6.45) is -2.41. The van der Waals surface area contributed by atoms with Gasteiger partial charge >= 0.3 is 5.69 Å². The van der Waals surface area contributed by atoms with Crippen LogP contribution in [0.2, 0.25) is 0 Å². The highest BCUT2D eigenvalue weighted by atomic mass is 31.2. The first-order valence-electron chi connectivity index (χ1n) is 7.93. The van der Waals surface area contributed by atoms with Crippen LogP contribution < -0.4 is 16.6 Å². The normalized spacial score (nSPS) is 26.4. The van der Waals surface area contributed by atoms with E-state index in [2.05, 4.69) is 4.98 Å². The Bertz CT molecular complexity index is 955. The zero-order chi connectivity index (χ0) is 19.1. The molecule has 0 radical (unpaired) electrons. The lowest BCUT2D eigenvalue weighted by Crippen LogP contribution is -2.37. The number of H-pyrrole nitrogens is 1. The van der Waals surface area contributed by atoms with E-state index in [9.17, 15) is 29.3 Å². The minimum Gasteiger partial charge on any atom is -0.390 e. The van der Waals surface area contributed by atoms with E-state index in [1.165, 1.54) is 25.3 Å². The van der Waals surface area contributed by atoms with Gasteiger partial charge in [0.25, 0.3) is 12.9 Å². The van der Waals surface area contributed by atoms with Crippen LogP contribution in [0.5, 0.6) is 0 Å². The van der Waals surface area contributed by atoms with E-state index in [-0.39, 0.29) is 17.3 Å². The lowest BCUT2D eigenvalue weighted by molar-refractivity contribution is -0.0612. The highest BCUT2D eigenvalue weighted by molar-refractivity contribution is 7.66. The second-order valence-corrected chi connectivity index (χ2v) is 8.50. The van der Waals surface area contributed by atoms with E-state index in [1.54, 1.807) is 18.2 Å². The maximum atomic E-state index is 12.7. The first-order valence-corrected chi connectivity index (χ1v) is 9.66. The van der Waals surface area contributed by atoms with Crippen molar-refractivity contribution in [3.05, 3.63) is 62.9 Å². The Labute approximate surface area is 148 Å². The summed E-state index contributed by atoms with van der Waals surface area (Å²) in [5.41, 5.74) is -1.00. The largest absolute Gasteiger partial charge is 0.390 e. The molecule has 2 aromatic rings. The van der Waals surface area contributed by atoms with E-state index in [1.807, 2.05) is 0 Å². The Hall–Kier alpha value is -2.03. The molecule has 9 nitrogen and oxygen atoms in total. The number of nitrogens with one attached hydrogen (secondary N) is 1. The molecule has 0 spiro atoms. The van der Waals surface area contributed by atoms with Crippen LogP contribution in [0.4, 0.5) is 0 Å². The van der Waals surface area contributed by atoms with Gasteiger partial charge in [-0.3, -0.25) is 18.9 Å². The second kappa shape index (κ2) is 6.94. The average molecular weight is 382 g/mol. The Balaban J connectivity index is 1.87. The van der Waals surface area contributed by atoms with Gasteiger partial charge in [-0.2, -0.15) is 0 Å². The number of benzene rings is 1. The number of aliphatic hydroxyl groups is 2. The number of hydrogen-bond donors (Lipinski definition) is 4. The number of aliphatic hydroxyl groups excluding tert-OH is 2. The van der Waals surface area contributed by atoms with Crippen molar-refractivity contribution in [1.82, 2.24) is 9.55 Å². The third-order valence-electron chi connectivity index (χ3n) is 4.37. The topological polar surface area (TPSA) is 142 Å². The fraction of sp³-hybridized carbons (Fsp3) is 0.375. The molecule has 2 heterocycles. The molecule has 0 aliphatic carbocycles. The molecule has 3 rings (SSSR count). The van der Waals surface area contributed by atoms with Gasteiger partial charge in [-0.1, -0.05) is 18.2 Å². The predicted octanol–water partition coefficient (Wildman–Crippen LogP) is -0.592. The molecule has 1 fully saturated rings. The molecular weight excluding hydrogens is 363 g/mol. The number of hydrogen-bond acceptors (Lipinski definition) is 6. The van der Waals surface area contributed by atoms with E-state index in [4.69, 9.17) is 4.74 Å². The second-order valence-electron chi connectivity index (χ2n) is 6.21. The minimum absolute atomic E-state index is 0.0313. The molecule has 1 aliphatic heterocycles. The van der Waals surface area contributed by atoms with Crippen molar-refractivity contribution < 1.29 is 24.4 Å². The van der Waals surface area contributed by atoms with Gasteiger partial charge in [-0.15, -0.1) is 0 Å². The van der Waals surface area contributed by atoms with Gasteiger partial charge in [0.1, 0.15) is 12.3 Å². The maximum absolute atomic E-state index is 12.7. The summed E-state index contributed by atoms with van der Waals surface area (Å²) in [5, 5.41) is 20.6. The first kappa shape index (κ1) is 18.8. The smallest absolute Gasteiger partial charge is 0.330 e. The summed E-state index contributed by atoms with van der Waals surface area (Å²) in [6.45, 7) is 1.50. The van der Waals surface area contributed by atoms with Crippen molar-refractivity contribution in [2.45, 2.75) is 37.6 Å². The van der Waals surface area contributed by atoms with Gasteiger partial charge in [0, 0.05) is 23.5 Å². The fourth-order valence-electron chi connectivity index (χ4n) is 2.91. The van der Waals surface area contributed by atoms with Crippen LogP contribution in [0.15, 0.2) is 46.1 Å². The zero-order valence-corrected chi connectivity index (χ0v) is 14.7. The van der Waals surface area contributed by atoms with Gasteiger partial charge in [-0.05, 0) is 19.1 Å². The zero-order valence-electron chi connectivity index (χ0n) is 13.8. The SMILES string of the molecule is Cc1cn([C@H]2C[C@H](O)[C@@H](C(O)P(=O)(O)c3ccccc3)O2)c(=O)[nH]c1=O. The number of nitrogens with zero attached hydrogens (tertiary/aromatic N) is 1. The van der Waals surface area contributed by atoms with Crippen LogP contribution >= 0.6 is 7.37 Å². The first-order chi connectivity index (χ1) is 12.2. The van der Waals surface area contributed by atoms with Crippen LogP contribution in [0.3, 0.4) is 0 Å². The molecule has 10 heteroatoms. The van der Waals surface area contributed by atoms with Crippen molar-refractivity contribution in [3.63, 3.8) is 0 Å². The highest BCUT2D eigenvalue weighted by Gasteiger charge is 2.47. The van der Waals surface area contributed by atoms with E-state index in [0.29, 0.717) is 0 Å². The molecule has 140 valence electrons. The Morgan fingerprint density at radius 3 is 2.62 bits per heavy atom. The van der Waals surface area contributed by atoms with E-state index in [0.717, 1.165) is 4.57 Å². The number of aryl methyl sites for hydroxylation is 1. The third-order valence-corrected chi connectivity index (χ3v) is 6.42. The number of rotatable bonds is 4. The molecule has 1 aliphatic rings. The Kier molecular flexibility index (Phi) is 5.01. The summed E-state index contributed by atoms with van der Waals surface area (Å²) in [5.74, 6) is -1.87. The molecule has 0 bridgehead atoms. The highest BCUT2D eigenvalue weighted by Crippen LogP contribution is 2.48. The lowest BCUT2D eigenvalue weighted by Gasteiger charge is -2.25. The predicted molar refractivity (Wildman–Crippen MR) is 92.5 cm³/mol. The van der Waals surface area contributed by atoms with Crippen LogP contribution in [0, 0.1) is 6.92 Å². The summed E-state index contributed by atoms with van der Waals surface area (Å²) in [4.78, 5) is 35.9. The Morgan fingerprint density at radius 1 is 1.31 bits per heavy atom. The molecular formula is C16H19N2O7P. The lowest BCUT2D eigenvalue weighted by atomic mass is 10.2. The van der Waals surface area contributed by atoms with E-state index < -0.39 is 42.9 Å². The monoisotopic (exact) mass is 382 g/mol. The van der Waals surface area contributed by atoms with Gasteiger partial charge in [0.15, 0.2) is 5.85 Å². The van der Waals surface area contributed by atoms with Gasteiger partial charge in [0.2, 0.25) is 0 Å². The molecule has 0 saturated carbocycles. The molecule has 1 aromatic carbocycles. The summed E-state index contributed by atoms with van der Waals surface area (Å²) in [6, 6.07) is 7.58. The van der Waals surface area contributed by atoms with Gasteiger partial charge < -0.3 is 19.8 Å². The maximum Gasteiger partial charge on any atom is 0.330 e. The molecule has 5 atom stereocenters. The van der Waals surface area contributed by atoms with Crippen molar-refractivity contribution in [2.75, 3.05) is 0 Å². The number of ether oxygens (including phenoxy) is 1. The number of aromatic nitrogens is 2. The van der Waals surface area contributed by atoms with Crippen molar-refractivity contribution in [2.24, 2.45) is 0 Å². The van der Waals surface area contributed by atoms with Crippen LogP contribution in [-0.2, 0) is 9.30 Å². The van der Waals surface area contributed by atoms with E-state index >= 15 is 0 Å². The third kappa shape index (κ3) is 3.32. The molecule has 4 N–H and O–H groups in total. The van der Waals surface area contributed by atoms with Crippen molar-refractivity contribution >= 4 is 12.7 Å². The number of aromatic amines is 1. The fourth-order valence-corrected chi connectivity index (χ4v) is 4.48. The average Bonchev–Trinajstić information content (AvgIpc) is 2.99. The van der Waals surface area contributed by atoms with Crippen LogP contribution in [0.1, 0.15) is 18.2 Å². The van der Waals surface area contributed by atoms with Crippen molar-refractivity contribution in [3.8, 4) is 0 Å². The van der Waals surface area contributed by atoms with Gasteiger partial charge in [-0.25, -0.2) is 4.79 Å². The van der Waals surface area contributed by atoms with Gasteiger partial charge in [0.05, 0.1) is 6.10 Å². The van der Waals surface area contributed by atoms with Crippen LogP contribution in [0.25, 0.3) is 0 Å². The quantitative estimate of drug-likeness (QED) is 0.518. The molecule has 1 saturated heterocycles. The molecule has 2 unspecified atom stereocenters. The summed E-state index contributed by atoms with van der Waals surface area (Å²) < 4.78 is 19.2. The molecule has 0 amide bonds. The summed E-state index contributed by atoms with van der Waals surface area (Å²) >= 11 is 0.